The maximum atomic E-state index is 10.9. The number of rotatable bonds is 4. The van der Waals surface area contributed by atoms with Crippen LogP contribution in [-0.2, 0) is 11.3 Å². The largest absolute Gasteiger partial charge is 0.351 e. The van der Waals surface area contributed by atoms with Gasteiger partial charge in [0, 0.05) is 28.1 Å². The molecule has 102 valence electrons. The van der Waals surface area contributed by atoms with Gasteiger partial charge in [0.2, 0.25) is 5.91 Å². The molecule has 0 aromatic carbocycles. The van der Waals surface area contributed by atoms with E-state index in [0.29, 0.717) is 6.54 Å². The first-order valence-corrected chi connectivity index (χ1v) is 8.68. The summed E-state index contributed by atoms with van der Waals surface area (Å²) < 4.78 is 0. The van der Waals surface area contributed by atoms with Gasteiger partial charge in [-0.25, -0.2) is 4.98 Å². The molecule has 6 heteroatoms. The maximum Gasteiger partial charge on any atom is 0.217 e. The summed E-state index contributed by atoms with van der Waals surface area (Å²) in [6.45, 7) is 2.11. The smallest absolute Gasteiger partial charge is 0.217 e. The minimum Gasteiger partial charge on any atom is -0.351 e. The van der Waals surface area contributed by atoms with E-state index >= 15 is 0 Å². The zero-order valence-corrected chi connectivity index (χ0v) is 13.2. The Balaban J connectivity index is 1.78. The first-order valence-electron chi connectivity index (χ1n) is 6.04. The third-order valence-electron chi connectivity index (χ3n) is 2.70. The number of aromatic nitrogens is 1. The number of thiophene rings is 2. The first kappa shape index (κ1) is 13.5. The zero-order chi connectivity index (χ0) is 13.9. The molecule has 1 amide bonds. The normalized spacial score (nSPS) is 10.7. The summed E-state index contributed by atoms with van der Waals surface area (Å²) in [5, 5.41) is 10.1. The van der Waals surface area contributed by atoms with Crippen LogP contribution in [0.25, 0.3) is 21.1 Å². The molecule has 3 heterocycles. The molecule has 0 aliphatic carbocycles. The number of carbonyl (C=O) groups excluding carboxylic acids is 1. The lowest BCUT2D eigenvalue weighted by atomic mass is 10.3. The minimum absolute atomic E-state index is 0.00616. The Hall–Kier alpha value is -1.50. The van der Waals surface area contributed by atoms with E-state index in [0.717, 1.165) is 20.5 Å². The van der Waals surface area contributed by atoms with Gasteiger partial charge in [0.15, 0.2) is 0 Å². The summed E-state index contributed by atoms with van der Waals surface area (Å²) in [5.74, 6) is -0.00616. The molecular formula is C14H12N2OS3. The second kappa shape index (κ2) is 5.87. The monoisotopic (exact) mass is 320 g/mol. The van der Waals surface area contributed by atoms with E-state index < -0.39 is 0 Å². The van der Waals surface area contributed by atoms with E-state index in [2.05, 4.69) is 38.6 Å². The van der Waals surface area contributed by atoms with Crippen LogP contribution >= 0.6 is 34.0 Å². The van der Waals surface area contributed by atoms with Crippen molar-refractivity contribution in [1.82, 2.24) is 10.3 Å². The Labute approximate surface area is 128 Å². The molecular weight excluding hydrogens is 308 g/mol. The molecule has 20 heavy (non-hydrogen) atoms. The van der Waals surface area contributed by atoms with Crippen LogP contribution < -0.4 is 5.32 Å². The van der Waals surface area contributed by atoms with Gasteiger partial charge in [-0.3, -0.25) is 4.79 Å². The van der Waals surface area contributed by atoms with Crippen molar-refractivity contribution >= 4 is 39.9 Å². The van der Waals surface area contributed by atoms with Gasteiger partial charge in [0.25, 0.3) is 0 Å². The highest BCUT2D eigenvalue weighted by Gasteiger charge is 2.09. The molecule has 3 aromatic heterocycles. The third-order valence-corrected chi connectivity index (χ3v) is 5.38. The molecule has 0 saturated heterocycles. The summed E-state index contributed by atoms with van der Waals surface area (Å²) in [5.41, 5.74) is 2.19. The Morgan fingerprint density at radius 3 is 2.95 bits per heavy atom. The molecule has 3 nitrogen and oxygen atoms in total. The van der Waals surface area contributed by atoms with E-state index in [1.165, 1.54) is 12.5 Å². The van der Waals surface area contributed by atoms with Crippen LogP contribution in [0.2, 0.25) is 0 Å². The molecule has 0 fully saturated rings. The summed E-state index contributed by atoms with van der Waals surface area (Å²) in [4.78, 5) is 17.9. The predicted molar refractivity (Wildman–Crippen MR) is 86.3 cm³/mol. The van der Waals surface area contributed by atoms with Gasteiger partial charge in [0.1, 0.15) is 5.01 Å². The lowest BCUT2D eigenvalue weighted by molar-refractivity contribution is -0.119. The molecule has 0 unspecified atom stereocenters. The van der Waals surface area contributed by atoms with E-state index in [1.807, 2.05) is 6.07 Å². The molecule has 0 spiro atoms. The van der Waals surface area contributed by atoms with E-state index in [4.69, 9.17) is 0 Å². The topological polar surface area (TPSA) is 42.0 Å². The van der Waals surface area contributed by atoms with Gasteiger partial charge in [-0.05, 0) is 23.6 Å². The summed E-state index contributed by atoms with van der Waals surface area (Å²) >= 11 is 5.01. The standard InChI is InChI=1S/C14H12N2OS3/c1-9(17)15-6-11-2-3-13(20-11)12-8-19-14(16-12)10-4-5-18-7-10/h2-5,7-8H,6H2,1H3,(H,15,17). The lowest BCUT2D eigenvalue weighted by Crippen LogP contribution is -2.17. The Morgan fingerprint density at radius 1 is 1.30 bits per heavy atom. The van der Waals surface area contributed by atoms with Crippen LogP contribution in [0.4, 0.5) is 0 Å². The molecule has 3 rings (SSSR count). The first-order chi connectivity index (χ1) is 9.72. The molecule has 1 N–H and O–H groups in total. The van der Waals surface area contributed by atoms with Crippen molar-refractivity contribution in [2.45, 2.75) is 13.5 Å². The number of nitrogens with zero attached hydrogens (tertiary/aromatic N) is 1. The highest BCUT2D eigenvalue weighted by Crippen LogP contribution is 2.33. The van der Waals surface area contributed by atoms with Crippen LogP contribution in [0.3, 0.4) is 0 Å². The quantitative estimate of drug-likeness (QED) is 0.781. The minimum atomic E-state index is -0.00616. The fourth-order valence-corrected chi connectivity index (χ4v) is 4.24. The molecule has 0 atom stereocenters. The highest BCUT2D eigenvalue weighted by atomic mass is 32.1. The van der Waals surface area contributed by atoms with Crippen molar-refractivity contribution in [3.05, 3.63) is 39.2 Å². The molecule has 0 aliphatic rings. The van der Waals surface area contributed by atoms with Gasteiger partial charge < -0.3 is 5.32 Å². The molecule has 0 bridgehead atoms. The fraction of sp³-hybridized carbons (Fsp3) is 0.143. The number of hydrogen-bond acceptors (Lipinski definition) is 5. The van der Waals surface area contributed by atoms with Crippen molar-refractivity contribution in [2.24, 2.45) is 0 Å². The molecule has 0 saturated carbocycles. The van der Waals surface area contributed by atoms with Gasteiger partial charge in [-0.15, -0.1) is 22.7 Å². The maximum absolute atomic E-state index is 10.9. The summed E-state index contributed by atoms with van der Waals surface area (Å²) in [6, 6.07) is 6.19. The number of carbonyl (C=O) groups is 1. The van der Waals surface area contributed by atoms with Crippen molar-refractivity contribution in [3.8, 4) is 21.1 Å². The Morgan fingerprint density at radius 2 is 2.20 bits per heavy atom. The molecule has 0 aliphatic heterocycles. The van der Waals surface area contributed by atoms with Crippen molar-refractivity contribution in [2.75, 3.05) is 0 Å². The van der Waals surface area contributed by atoms with Gasteiger partial charge >= 0.3 is 0 Å². The Bertz CT molecular complexity index is 712. The average Bonchev–Trinajstić information content (AvgIpc) is 3.15. The third kappa shape index (κ3) is 2.98. The number of hydrogen-bond donors (Lipinski definition) is 1. The average molecular weight is 320 g/mol. The number of amides is 1. The molecule has 0 radical (unpaired) electrons. The van der Waals surface area contributed by atoms with Crippen molar-refractivity contribution in [1.29, 1.82) is 0 Å². The summed E-state index contributed by atoms with van der Waals surface area (Å²) in [7, 11) is 0. The van der Waals surface area contributed by atoms with Crippen LogP contribution in [0.5, 0.6) is 0 Å². The second-order valence-corrected chi connectivity index (χ2v) is 7.03. The van der Waals surface area contributed by atoms with Crippen molar-refractivity contribution < 1.29 is 4.79 Å². The van der Waals surface area contributed by atoms with E-state index in [-0.39, 0.29) is 5.91 Å². The van der Waals surface area contributed by atoms with Gasteiger partial charge in [-0.1, -0.05) is 0 Å². The number of nitrogens with one attached hydrogen (secondary N) is 1. The second-order valence-electron chi connectivity index (χ2n) is 4.23. The van der Waals surface area contributed by atoms with Crippen LogP contribution in [-0.4, -0.2) is 10.9 Å². The van der Waals surface area contributed by atoms with Crippen LogP contribution in [0.15, 0.2) is 34.3 Å². The van der Waals surface area contributed by atoms with E-state index in [9.17, 15) is 4.79 Å². The van der Waals surface area contributed by atoms with Crippen LogP contribution in [0.1, 0.15) is 11.8 Å². The molecule has 3 aromatic rings. The van der Waals surface area contributed by atoms with Gasteiger partial charge in [-0.2, -0.15) is 11.3 Å². The predicted octanol–water partition coefficient (Wildman–Crippen LogP) is 4.24. The van der Waals surface area contributed by atoms with Gasteiger partial charge in [0.05, 0.1) is 17.1 Å². The SMILES string of the molecule is CC(=O)NCc1ccc(-c2csc(-c3ccsc3)n2)s1. The lowest BCUT2D eigenvalue weighted by Gasteiger charge is -1.97. The van der Waals surface area contributed by atoms with E-state index in [1.54, 1.807) is 34.0 Å². The summed E-state index contributed by atoms with van der Waals surface area (Å²) in [6.07, 6.45) is 0. The highest BCUT2D eigenvalue weighted by molar-refractivity contribution is 7.17. The van der Waals surface area contributed by atoms with Crippen LogP contribution in [0, 0.1) is 0 Å². The van der Waals surface area contributed by atoms with Crippen molar-refractivity contribution in [3.63, 3.8) is 0 Å². The zero-order valence-electron chi connectivity index (χ0n) is 10.8. The fourth-order valence-electron chi connectivity index (χ4n) is 1.73. The number of thiazole rings is 1. The Kier molecular flexibility index (Phi) is 3.95.